The number of rotatable bonds is 4. The van der Waals surface area contributed by atoms with E-state index in [1.54, 1.807) is 6.92 Å². The first-order valence-corrected chi connectivity index (χ1v) is 4.62. The summed E-state index contributed by atoms with van der Waals surface area (Å²) in [7, 11) is 0. The third-order valence-corrected chi connectivity index (χ3v) is 3.39. The van der Waals surface area contributed by atoms with E-state index in [1.807, 2.05) is 20.8 Å². The summed E-state index contributed by atoms with van der Waals surface area (Å²) in [6.45, 7) is 7.44. The van der Waals surface area contributed by atoms with Gasteiger partial charge < -0.3 is 5.11 Å². The van der Waals surface area contributed by atoms with Crippen LogP contribution in [0.4, 0.5) is 0 Å². The molecule has 3 heteroatoms. The Hall–Kier alpha value is -0.240. The van der Waals surface area contributed by atoms with E-state index in [4.69, 9.17) is 16.7 Å². The van der Waals surface area contributed by atoms with E-state index in [1.165, 1.54) is 0 Å². The molecular formula is C9H17ClO2. The molecule has 0 spiro atoms. The SMILES string of the molecule is CCC(C)(Cl)C(C)C(C)C(=O)O. The van der Waals surface area contributed by atoms with E-state index in [-0.39, 0.29) is 11.8 Å². The molecule has 0 aliphatic rings. The second kappa shape index (κ2) is 4.13. The average Bonchev–Trinajstić information content (AvgIpc) is 2.01. The first-order valence-electron chi connectivity index (χ1n) is 4.24. The van der Waals surface area contributed by atoms with E-state index in [0.29, 0.717) is 0 Å². The van der Waals surface area contributed by atoms with Crippen molar-refractivity contribution >= 4 is 17.6 Å². The third kappa shape index (κ3) is 2.67. The molecule has 0 amide bonds. The summed E-state index contributed by atoms with van der Waals surface area (Å²) in [5.74, 6) is -1.17. The van der Waals surface area contributed by atoms with Crippen LogP contribution in [0.5, 0.6) is 0 Å². The molecule has 0 saturated carbocycles. The number of carboxylic acid groups (broad SMARTS) is 1. The highest BCUT2D eigenvalue weighted by atomic mass is 35.5. The molecule has 2 nitrogen and oxygen atoms in total. The third-order valence-electron chi connectivity index (χ3n) is 2.78. The lowest BCUT2D eigenvalue weighted by molar-refractivity contribution is -0.143. The Morgan fingerprint density at radius 2 is 2.00 bits per heavy atom. The zero-order valence-corrected chi connectivity index (χ0v) is 8.85. The van der Waals surface area contributed by atoms with E-state index >= 15 is 0 Å². The van der Waals surface area contributed by atoms with Gasteiger partial charge in [-0.1, -0.05) is 20.8 Å². The maximum Gasteiger partial charge on any atom is 0.306 e. The largest absolute Gasteiger partial charge is 0.481 e. The van der Waals surface area contributed by atoms with Crippen LogP contribution in [0.3, 0.4) is 0 Å². The summed E-state index contributed by atoms with van der Waals surface area (Å²) in [6, 6.07) is 0. The van der Waals surface area contributed by atoms with Gasteiger partial charge in [-0.05, 0) is 19.3 Å². The molecule has 0 aliphatic heterocycles. The molecule has 0 aliphatic carbocycles. The van der Waals surface area contributed by atoms with E-state index < -0.39 is 10.8 Å². The van der Waals surface area contributed by atoms with Gasteiger partial charge in [0.15, 0.2) is 0 Å². The minimum Gasteiger partial charge on any atom is -0.481 e. The average molecular weight is 193 g/mol. The van der Waals surface area contributed by atoms with Crippen LogP contribution < -0.4 is 0 Å². The van der Waals surface area contributed by atoms with Crippen molar-refractivity contribution in [1.82, 2.24) is 0 Å². The Morgan fingerprint density at radius 1 is 1.58 bits per heavy atom. The molecule has 12 heavy (non-hydrogen) atoms. The van der Waals surface area contributed by atoms with Crippen LogP contribution in [0.2, 0.25) is 0 Å². The molecular weight excluding hydrogens is 176 g/mol. The zero-order chi connectivity index (χ0) is 9.94. The second-order valence-corrected chi connectivity index (χ2v) is 4.41. The molecule has 0 rings (SSSR count). The van der Waals surface area contributed by atoms with Gasteiger partial charge in [-0.25, -0.2) is 0 Å². The number of hydrogen-bond acceptors (Lipinski definition) is 1. The highest BCUT2D eigenvalue weighted by Crippen LogP contribution is 2.33. The summed E-state index contributed by atoms with van der Waals surface area (Å²) in [6.07, 6.45) is 0.785. The van der Waals surface area contributed by atoms with Gasteiger partial charge in [-0.3, -0.25) is 4.79 Å². The van der Waals surface area contributed by atoms with Gasteiger partial charge >= 0.3 is 5.97 Å². The molecule has 72 valence electrons. The Kier molecular flexibility index (Phi) is 4.04. The summed E-state index contributed by atoms with van der Waals surface area (Å²) in [5.41, 5.74) is 0. The maximum absolute atomic E-state index is 10.6. The van der Waals surface area contributed by atoms with Gasteiger partial charge in [0.25, 0.3) is 0 Å². The molecule has 0 bridgehead atoms. The summed E-state index contributed by atoms with van der Waals surface area (Å²) < 4.78 is 0. The van der Waals surface area contributed by atoms with Crippen LogP contribution in [0.15, 0.2) is 0 Å². The van der Waals surface area contributed by atoms with E-state index in [9.17, 15) is 4.79 Å². The molecule has 0 saturated heterocycles. The van der Waals surface area contributed by atoms with Crippen molar-refractivity contribution in [1.29, 1.82) is 0 Å². The van der Waals surface area contributed by atoms with Gasteiger partial charge in [0.05, 0.1) is 5.92 Å². The van der Waals surface area contributed by atoms with Crippen molar-refractivity contribution in [3.63, 3.8) is 0 Å². The lowest BCUT2D eigenvalue weighted by atomic mass is 9.83. The number of halogens is 1. The molecule has 3 atom stereocenters. The van der Waals surface area contributed by atoms with Gasteiger partial charge in [0.2, 0.25) is 0 Å². The number of hydrogen-bond donors (Lipinski definition) is 1. The van der Waals surface area contributed by atoms with Gasteiger partial charge in [0, 0.05) is 4.87 Å². The molecule has 0 aromatic carbocycles. The lowest BCUT2D eigenvalue weighted by Gasteiger charge is -2.30. The number of aliphatic carboxylic acids is 1. The molecule has 0 radical (unpaired) electrons. The Balaban J connectivity index is 4.37. The monoisotopic (exact) mass is 192 g/mol. The van der Waals surface area contributed by atoms with Crippen LogP contribution >= 0.6 is 11.6 Å². The second-order valence-electron chi connectivity index (χ2n) is 3.55. The number of carbonyl (C=O) groups is 1. The first-order chi connectivity index (χ1) is 5.33. The predicted octanol–water partition coefficient (Wildman–Crippen LogP) is 2.75. The fourth-order valence-corrected chi connectivity index (χ4v) is 1.25. The Bertz CT molecular complexity index is 166. The Morgan fingerprint density at radius 3 is 2.25 bits per heavy atom. The molecule has 1 N–H and O–H groups in total. The predicted molar refractivity (Wildman–Crippen MR) is 50.5 cm³/mol. The first kappa shape index (κ1) is 11.8. The molecule has 0 aromatic heterocycles. The normalized spacial score (nSPS) is 21.1. The highest BCUT2D eigenvalue weighted by Gasteiger charge is 2.33. The number of carboxylic acids is 1. The van der Waals surface area contributed by atoms with Gasteiger partial charge in [-0.2, -0.15) is 0 Å². The highest BCUT2D eigenvalue weighted by molar-refractivity contribution is 6.23. The van der Waals surface area contributed by atoms with Crippen LogP contribution in [0, 0.1) is 11.8 Å². The smallest absolute Gasteiger partial charge is 0.306 e. The van der Waals surface area contributed by atoms with Crippen LogP contribution in [-0.2, 0) is 4.79 Å². The standard InChI is InChI=1S/C9H17ClO2/c1-5-9(4,10)7(3)6(2)8(11)12/h6-7H,5H2,1-4H3,(H,11,12). The quantitative estimate of drug-likeness (QED) is 0.696. The molecule has 3 unspecified atom stereocenters. The Labute approximate surface area is 78.9 Å². The molecule has 0 aromatic rings. The zero-order valence-electron chi connectivity index (χ0n) is 8.10. The molecule has 0 heterocycles. The topological polar surface area (TPSA) is 37.3 Å². The minimum atomic E-state index is -0.775. The van der Waals surface area contributed by atoms with Crippen molar-refractivity contribution in [3.8, 4) is 0 Å². The maximum atomic E-state index is 10.6. The lowest BCUT2D eigenvalue weighted by Crippen LogP contribution is -2.34. The van der Waals surface area contributed by atoms with Crippen molar-refractivity contribution in [3.05, 3.63) is 0 Å². The minimum absolute atomic E-state index is 0.0123. The van der Waals surface area contributed by atoms with Crippen LogP contribution in [0.25, 0.3) is 0 Å². The van der Waals surface area contributed by atoms with Crippen LogP contribution in [-0.4, -0.2) is 16.0 Å². The fourth-order valence-electron chi connectivity index (χ4n) is 1.06. The van der Waals surface area contributed by atoms with Crippen molar-refractivity contribution in [2.24, 2.45) is 11.8 Å². The van der Waals surface area contributed by atoms with Gasteiger partial charge in [0.1, 0.15) is 0 Å². The van der Waals surface area contributed by atoms with Crippen molar-refractivity contribution < 1.29 is 9.90 Å². The van der Waals surface area contributed by atoms with Crippen LogP contribution in [0.1, 0.15) is 34.1 Å². The summed E-state index contributed by atoms with van der Waals surface area (Å²) in [5, 5.41) is 8.75. The van der Waals surface area contributed by atoms with Gasteiger partial charge in [-0.15, -0.1) is 11.6 Å². The van der Waals surface area contributed by atoms with Crippen molar-refractivity contribution in [2.75, 3.05) is 0 Å². The van der Waals surface area contributed by atoms with E-state index in [2.05, 4.69) is 0 Å². The number of alkyl halides is 1. The summed E-state index contributed by atoms with van der Waals surface area (Å²) in [4.78, 5) is 10.2. The van der Waals surface area contributed by atoms with Crippen molar-refractivity contribution in [2.45, 2.75) is 39.0 Å². The fraction of sp³-hybridized carbons (Fsp3) is 0.889. The van der Waals surface area contributed by atoms with E-state index in [0.717, 1.165) is 6.42 Å². The molecule has 0 fully saturated rings. The summed E-state index contributed by atoms with van der Waals surface area (Å²) >= 11 is 6.15.